The number of alkyl halides is 3. The van der Waals surface area contributed by atoms with Gasteiger partial charge in [-0.25, -0.2) is 0 Å². The summed E-state index contributed by atoms with van der Waals surface area (Å²) in [4.78, 5) is 24.5. The quantitative estimate of drug-likeness (QED) is 0.663. The minimum absolute atomic E-state index is 0.0421. The van der Waals surface area contributed by atoms with Crippen molar-refractivity contribution in [2.45, 2.75) is 45.7 Å². The molecule has 30 heavy (non-hydrogen) atoms. The highest BCUT2D eigenvalue weighted by atomic mass is 35.5. The maximum atomic E-state index is 13.2. The number of ether oxygens (including phenoxy) is 1. The third kappa shape index (κ3) is 3.90. The molecule has 0 atom stereocenters. The van der Waals surface area contributed by atoms with Gasteiger partial charge in [0.15, 0.2) is 5.69 Å². The summed E-state index contributed by atoms with van der Waals surface area (Å²) in [5.74, 6) is -1.13. The molecule has 0 bridgehead atoms. The average molecular weight is 442 g/mol. The molecule has 1 N–H and O–H groups in total. The van der Waals surface area contributed by atoms with Crippen molar-refractivity contribution in [1.29, 1.82) is 0 Å². The van der Waals surface area contributed by atoms with E-state index in [1.54, 1.807) is 6.92 Å². The number of anilines is 1. The highest BCUT2D eigenvalue weighted by molar-refractivity contribution is 6.32. The van der Waals surface area contributed by atoms with Crippen molar-refractivity contribution in [1.82, 2.24) is 9.78 Å². The van der Waals surface area contributed by atoms with Gasteiger partial charge in [-0.2, -0.15) is 23.0 Å². The van der Waals surface area contributed by atoms with Gasteiger partial charge in [-0.05, 0) is 50.8 Å². The van der Waals surface area contributed by atoms with Crippen molar-refractivity contribution < 1.29 is 27.5 Å². The van der Waals surface area contributed by atoms with Gasteiger partial charge in [0.2, 0.25) is 11.8 Å². The van der Waals surface area contributed by atoms with E-state index in [1.807, 2.05) is 6.92 Å². The molecule has 2 fully saturated rings. The highest BCUT2D eigenvalue weighted by Crippen LogP contribution is 2.47. The number of nitrogens with zero attached hydrogens (tertiary/aromatic N) is 2. The van der Waals surface area contributed by atoms with Crippen LogP contribution in [0.25, 0.3) is 5.69 Å². The van der Waals surface area contributed by atoms with E-state index >= 15 is 0 Å². The summed E-state index contributed by atoms with van der Waals surface area (Å²) in [6.07, 6.45) is -1.91. The fourth-order valence-electron chi connectivity index (χ4n) is 2.81. The lowest BCUT2D eigenvalue weighted by atomic mass is 10.1. The van der Waals surface area contributed by atoms with Crippen molar-refractivity contribution in [3.8, 4) is 11.6 Å². The highest BCUT2D eigenvalue weighted by Gasteiger charge is 2.47. The van der Waals surface area contributed by atoms with Crippen LogP contribution in [0.1, 0.15) is 45.2 Å². The summed E-state index contributed by atoms with van der Waals surface area (Å²) in [5, 5.41) is 6.34. The molecular weight excluding hydrogens is 423 g/mol. The second kappa shape index (κ2) is 6.73. The predicted octanol–water partition coefficient (Wildman–Crippen LogP) is 4.99. The van der Waals surface area contributed by atoms with Crippen LogP contribution in [-0.2, 0) is 15.8 Å². The Labute approximate surface area is 175 Å². The Morgan fingerprint density at radius 3 is 2.30 bits per heavy atom. The standard InChI is InChI=1S/C20H19ClF3N3O3/c1-18(5-6-18)16(28)25-11-3-4-13(12(21)9-11)27-15(10-14(26-27)20(22,23)24)30-17(29)19(2)7-8-19/h3-4,9-10H,5-8H2,1-2H3,(H,25,28). The van der Waals surface area contributed by atoms with Gasteiger partial charge in [-0.1, -0.05) is 18.5 Å². The average Bonchev–Trinajstić information content (AvgIpc) is 3.54. The van der Waals surface area contributed by atoms with Crippen LogP contribution in [0.2, 0.25) is 5.02 Å². The van der Waals surface area contributed by atoms with Crippen LogP contribution in [-0.4, -0.2) is 21.7 Å². The van der Waals surface area contributed by atoms with Crippen LogP contribution in [0.4, 0.5) is 18.9 Å². The third-order valence-electron chi connectivity index (χ3n) is 5.64. The zero-order valence-electron chi connectivity index (χ0n) is 16.3. The first-order chi connectivity index (χ1) is 13.9. The molecular formula is C20H19ClF3N3O3. The molecule has 0 aliphatic heterocycles. The topological polar surface area (TPSA) is 73.2 Å². The fraction of sp³-hybridized carbons (Fsp3) is 0.450. The van der Waals surface area contributed by atoms with Crippen molar-refractivity contribution in [3.05, 3.63) is 35.0 Å². The normalized spacial score (nSPS) is 18.6. The van der Waals surface area contributed by atoms with E-state index in [4.69, 9.17) is 16.3 Å². The summed E-state index contributed by atoms with van der Waals surface area (Å²) in [7, 11) is 0. The van der Waals surface area contributed by atoms with Gasteiger partial charge < -0.3 is 10.1 Å². The summed E-state index contributed by atoms with van der Waals surface area (Å²) in [6.45, 7) is 3.53. The zero-order chi connectivity index (χ0) is 21.9. The first-order valence-corrected chi connectivity index (χ1v) is 9.80. The maximum Gasteiger partial charge on any atom is 0.435 e. The Morgan fingerprint density at radius 1 is 1.13 bits per heavy atom. The van der Waals surface area contributed by atoms with Crippen LogP contribution in [0.3, 0.4) is 0 Å². The molecule has 160 valence electrons. The number of nitrogens with one attached hydrogen (secondary N) is 1. The molecule has 1 aromatic heterocycles. The molecule has 2 aromatic rings. The molecule has 2 aliphatic carbocycles. The number of hydrogen-bond acceptors (Lipinski definition) is 4. The Morgan fingerprint density at radius 2 is 1.77 bits per heavy atom. The summed E-state index contributed by atoms with van der Waals surface area (Å²) >= 11 is 6.28. The van der Waals surface area contributed by atoms with Crippen LogP contribution in [0.5, 0.6) is 5.88 Å². The molecule has 1 amide bonds. The van der Waals surface area contributed by atoms with Crippen LogP contribution in [0, 0.1) is 10.8 Å². The number of carbonyl (C=O) groups excluding carboxylic acids is 2. The lowest BCUT2D eigenvalue weighted by molar-refractivity contribution is -0.142. The Bertz CT molecular complexity index is 1040. The molecule has 2 aliphatic rings. The molecule has 0 radical (unpaired) electrons. The van der Waals surface area contributed by atoms with Crippen LogP contribution in [0.15, 0.2) is 24.3 Å². The minimum Gasteiger partial charge on any atom is -0.407 e. The summed E-state index contributed by atoms with van der Waals surface area (Å²) in [6, 6.07) is 5.01. The second-order valence-electron chi connectivity index (χ2n) is 8.41. The Hall–Kier alpha value is -2.55. The lowest BCUT2D eigenvalue weighted by Crippen LogP contribution is -2.21. The van der Waals surface area contributed by atoms with Gasteiger partial charge in [0.05, 0.1) is 16.1 Å². The van der Waals surface area contributed by atoms with E-state index in [-0.39, 0.29) is 22.5 Å². The molecule has 0 unspecified atom stereocenters. The van der Waals surface area contributed by atoms with Crippen molar-refractivity contribution in [2.75, 3.05) is 5.32 Å². The second-order valence-corrected chi connectivity index (χ2v) is 8.82. The molecule has 10 heteroatoms. The predicted molar refractivity (Wildman–Crippen MR) is 103 cm³/mol. The number of halogens is 4. The van der Waals surface area contributed by atoms with E-state index in [0.717, 1.165) is 17.5 Å². The van der Waals surface area contributed by atoms with Gasteiger partial charge >= 0.3 is 12.1 Å². The number of rotatable bonds is 5. The van der Waals surface area contributed by atoms with Gasteiger partial charge in [0, 0.05) is 17.2 Å². The monoisotopic (exact) mass is 441 g/mol. The van der Waals surface area contributed by atoms with E-state index in [9.17, 15) is 22.8 Å². The smallest absolute Gasteiger partial charge is 0.407 e. The van der Waals surface area contributed by atoms with Crippen LogP contribution >= 0.6 is 11.6 Å². The summed E-state index contributed by atoms with van der Waals surface area (Å²) < 4.78 is 45.7. The number of aromatic nitrogens is 2. The van der Waals surface area contributed by atoms with Crippen LogP contribution < -0.4 is 10.1 Å². The van der Waals surface area contributed by atoms with Crippen molar-refractivity contribution >= 4 is 29.2 Å². The SMILES string of the molecule is CC1(C(=O)Nc2ccc(-n3nc(C(F)(F)F)cc3OC(=O)C3(C)CC3)c(Cl)c2)CC1. The number of amides is 1. The van der Waals surface area contributed by atoms with Crippen molar-refractivity contribution in [2.24, 2.45) is 10.8 Å². The molecule has 6 nitrogen and oxygen atoms in total. The third-order valence-corrected chi connectivity index (χ3v) is 5.94. The van der Waals surface area contributed by atoms with E-state index < -0.39 is 28.7 Å². The summed E-state index contributed by atoms with van der Waals surface area (Å²) in [5.41, 5.74) is -1.79. The fourth-order valence-corrected chi connectivity index (χ4v) is 3.07. The molecule has 4 rings (SSSR count). The van der Waals surface area contributed by atoms with Gasteiger partial charge in [0.25, 0.3) is 0 Å². The first-order valence-electron chi connectivity index (χ1n) is 9.42. The Balaban J connectivity index is 1.65. The number of carbonyl (C=O) groups is 2. The molecule has 2 saturated carbocycles. The van der Waals surface area contributed by atoms with Gasteiger partial charge in [-0.3, -0.25) is 9.59 Å². The van der Waals surface area contributed by atoms with Gasteiger partial charge in [-0.15, -0.1) is 0 Å². The van der Waals surface area contributed by atoms with Crippen molar-refractivity contribution in [3.63, 3.8) is 0 Å². The minimum atomic E-state index is -4.73. The Kier molecular flexibility index (Phi) is 4.65. The molecule has 1 heterocycles. The lowest BCUT2D eigenvalue weighted by Gasteiger charge is -2.14. The molecule has 1 aromatic carbocycles. The van der Waals surface area contributed by atoms with E-state index in [0.29, 0.717) is 24.6 Å². The zero-order valence-corrected chi connectivity index (χ0v) is 17.0. The van der Waals surface area contributed by atoms with E-state index in [2.05, 4.69) is 10.4 Å². The number of hydrogen-bond donors (Lipinski definition) is 1. The first kappa shape index (κ1) is 20.7. The molecule has 0 spiro atoms. The van der Waals surface area contributed by atoms with E-state index in [1.165, 1.54) is 18.2 Å². The number of benzene rings is 1. The maximum absolute atomic E-state index is 13.2. The van der Waals surface area contributed by atoms with Gasteiger partial charge in [0.1, 0.15) is 0 Å². The number of esters is 1. The largest absolute Gasteiger partial charge is 0.435 e. The molecule has 0 saturated heterocycles.